The van der Waals surface area contributed by atoms with E-state index in [4.69, 9.17) is 10.5 Å². The number of nitrogens with two attached hydrogens (primary N) is 1. The van der Waals surface area contributed by atoms with Gasteiger partial charge in [-0.15, -0.1) is 0 Å². The van der Waals surface area contributed by atoms with Crippen LogP contribution in [0.3, 0.4) is 0 Å². The van der Waals surface area contributed by atoms with Crippen molar-refractivity contribution in [3.63, 3.8) is 0 Å². The number of anilines is 3. The van der Waals surface area contributed by atoms with Crippen molar-refractivity contribution in [1.29, 1.82) is 0 Å². The summed E-state index contributed by atoms with van der Waals surface area (Å²) < 4.78 is 5.07. The van der Waals surface area contributed by atoms with Crippen LogP contribution < -0.4 is 21.1 Å². The average Bonchev–Trinajstić information content (AvgIpc) is 2.45. The largest absolute Gasteiger partial charge is 0.497 e. The van der Waals surface area contributed by atoms with Crippen LogP contribution in [-0.2, 0) is 0 Å². The Hall–Kier alpha value is -2.69. The Labute approximate surface area is 124 Å². The molecule has 2 aromatic rings. The number of hydrogen-bond acceptors (Lipinski definition) is 3. The highest BCUT2D eigenvalue weighted by Crippen LogP contribution is 2.22. The molecule has 4 N–H and O–H groups in total. The van der Waals surface area contributed by atoms with E-state index in [-0.39, 0.29) is 6.03 Å². The molecule has 2 aromatic carbocycles. The molecule has 5 heteroatoms. The molecule has 0 saturated heterocycles. The Morgan fingerprint density at radius 2 is 1.71 bits per heavy atom. The number of hydrogen-bond donors (Lipinski definition) is 3. The summed E-state index contributed by atoms with van der Waals surface area (Å²) in [5.74, 6) is 0.742. The summed E-state index contributed by atoms with van der Waals surface area (Å²) in [4.78, 5) is 12.0. The van der Waals surface area contributed by atoms with Crippen LogP contribution in [0.2, 0.25) is 0 Å². The molecule has 0 aliphatic rings. The standard InChI is InChI=1S/C16H19N3O2/c1-10-9-15(11(2)8-14(10)17)19-16(20)18-12-4-6-13(21-3)7-5-12/h4-9H,17H2,1-3H3,(H2,18,19,20). The van der Waals surface area contributed by atoms with Crippen LogP contribution in [-0.4, -0.2) is 13.1 Å². The lowest BCUT2D eigenvalue weighted by molar-refractivity contribution is 0.262. The summed E-state index contributed by atoms with van der Waals surface area (Å²) in [5.41, 5.74) is 9.83. The van der Waals surface area contributed by atoms with Crippen LogP contribution in [0.5, 0.6) is 5.75 Å². The van der Waals surface area contributed by atoms with Crippen LogP contribution in [0, 0.1) is 13.8 Å². The van der Waals surface area contributed by atoms with E-state index in [9.17, 15) is 4.79 Å². The van der Waals surface area contributed by atoms with Gasteiger partial charge in [0, 0.05) is 17.1 Å². The minimum atomic E-state index is -0.299. The van der Waals surface area contributed by atoms with Crippen molar-refractivity contribution in [1.82, 2.24) is 0 Å². The van der Waals surface area contributed by atoms with Crippen molar-refractivity contribution in [2.24, 2.45) is 0 Å². The molecule has 0 fully saturated rings. The zero-order valence-electron chi connectivity index (χ0n) is 12.4. The molecule has 0 aromatic heterocycles. The number of aryl methyl sites for hydroxylation is 2. The first-order chi connectivity index (χ1) is 9.99. The van der Waals surface area contributed by atoms with E-state index >= 15 is 0 Å². The molecule has 0 saturated carbocycles. The van der Waals surface area contributed by atoms with Gasteiger partial charge in [0.15, 0.2) is 0 Å². The maximum atomic E-state index is 12.0. The van der Waals surface area contributed by atoms with Gasteiger partial charge in [0.05, 0.1) is 7.11 Å². The van der Waals surface area contributed by atoms with E-state index in [0.29, 0.717) is 11.4 Å². The number of rotatable bonds is 3. The zero-order chi connectivity index (χ0) is 15.4. The minimum absolute atomic E-state index is 0.299. The van der Waals surface area contributed by atoms with Crippen LogP contribution in [0.15, 0.2) is 36.4 Å². The molecule has 0 atom stereocenters. The molecule has 0 spiro atoms. The van der Waals surface area contributed by atoms with Gasteiger partial charge < -0.3 is 21.1 Å². The second-order valence-corrected chi connectivity index (χ2v) is 4.83. The number of amides is 2. The molecule has 110 valence electrons. The van der Waals surface area contributed by atoms with E-state index in [1.165, 1.54) is 0 Å². The molecule has 0 aliphatic heterocycles. The van der Waals surface area contributed by atoms with Crippen molar-refractivity contribution in [3.8, 4) is 5.75 Å². The molecule has 0 unspecified atom stereocenters. The van der Waals surface area contributed by atoms with Gasteiger partial charge in [-0.05, 0) is 61.4 Å². The molecule has 5 nitrogen and oxygen atoms in total. The molecule has 0 heterocycles. The molecular formula is C16H19N3O2. The predicted octanol–water partition coefficient (Wildman–Crippen LogP) is 3.54. The fourth-order valence-corrected chi connectivity index (χ4v) is 1.93. The van der Waals surface area contributed by atoms with Gasteiger partial charge in [-0.25, -0.2) is 4.79 Å². The third-order valence-electron chi connectivity index (χ3n) is 3.21. The third kappa shape index (κ3) is 3.66. The molecule has 0 bridgehead atoms. The Balaban J connectivity index is 2.06. The molecule has 0 radical (unpaired) electrons. The Bertz CT molecular complexity index is 651. The first kappa shape index (κ1) is 14.7. The van der Waals surface area contributed by atoms with Crippen LogP contribution in [0.4, 0.5) is 21.9 Å². The number of ether oxygens (including phenoxy) is 1. The average molecular weight is 285 g/mol. The predicted molar refractivity (Wildman–Crippen MR) is 86.0 cm³/mol. The summed E-state index contributed by atoms with van der Waals surface area (Å²) in [6.45, 7) is 3.81. The first-order valence-electron chi connectivity index (χ1n) is 6.58. The number of nitrogens with one attached hydrogen (secondary N) is 2. The second-order valence-electron chi connectivity index (χ2n) is 4.83. The smallest absolute Gasteiger partial charge is 0.323 e. The van der Waals surface area contributed by atoms with E-state index in [0.717, 1.165) is 22.6 Å². The number of benzene rings is 2. The van der Waals surface area contributed by atoms with Gasteiger partial charge in [-0.1, -0.05) is 0 Å². The summed E-state index contributed by atoms with van der Waals surface area (Å²) in [6, 6.07) is 10.5. The van der Waals surface area contributed by atoms with Gasteiger partial charge >= 0.3 is 6.03 Å². The summed E-state index contributed by atoms with van der Waals surface area (Å²) in [7, 11) is 1.60. The Morgan fingerprint density at radius 3 is 2.33 bits per heavy atom. The third-order valence-corrected chi connectivity index (χ3v) is 3.21. The molecule has 2 rings (SSSR count). The quantitative estimate of drug-likeness (QED) is 0.755. The van der Waals surface area contributed by atoms with Gasteiger partial charge in [0.1, 0.15) is 5.75 Å². The summed E-state index contributed by atoms with van der Waals surface area (Å²) in [6.07, 6.45) is 0. The fourth-order valence-electron chi connectivity index (χ4n) is 1.93. The van der Waals surface area contributed by atoms with E-state index in [2.05, 4.69) is 10.6 Å². The second kappa shape index (κ2) is 6.17. The van der Waals surface area contributed by atoms with Crippen molar-refractivity contribution >= 4 is 23.1 Å². The summed E-state index contributed by atoms with van der Waals surface area (Å²) >= 11 is 0. The minimum Gasteiger partial charge on any atom is -0.497 e. The highest BCUT2D eigenvalue weighted by atomic mass is 16.5. The number of nitrogen functional groups attached to an aromatic ring is 1. The maximum Gasteiger partial charge on any atom is 0.323 e. The number of carbonyl (C=O) groups excluding carboxylic acids is 1. The highest BCUT2D eigenvalue weighted by molar-refractivity contribution is 6.00. The molecule has 0 aliphatic carbocycles. The summed E-state index contributed by atoms with van der Waals surface area (Å²) in [5, 5.41) is 5.58. The number of urea groups is 1. The Morgan fingerprint density at radius 1 is 1.05 bits per heavy atom. The highest BCUT2D eigenvalue weighted by Gasteiger charge is 2.07. The lowest BCUT2D eigenvalue weighted by Crippen LogP contribution is -2.20. The van der Waals surface area contributed by atoms with Gasteiger partial charge in [0.25, 0.3) is 0 Å². The van der Waals surface area contributed by atoms with E-state index in [1.54, 1.807) is 31.4 Å². The van der Waals surface area contributed by atoms with E-state index < -0.39 is 0 Å². The Kier molecular flexibility index (Phi) is 4.33. The molecule has 2 amide bonds. The SMILES string of the molecule is COc1ccc(NC(=O)Nc2cc(C)c(N)cc2C)cc1. The normalized spacial score (nSPS) is 10.0. The van der Waals surface area contributed by atoms with Crippen LogP contribution in [0.25, 0.3) is 0 Å². The van der Waals surface area contributed by atoms with Crippen molar-refractivity contribution < 1.29 is 9.53 Å². The topological polar surface area (TPSA) is 76.4 Å². The first-order valence-corrected chi connectivity index (χ1v) is 6.58. The lowest BCUT2D eigenvalue weighted by atomic mass is 10.1. The van der Waals surface area contributed by atoms with Crippen LogP contribution in [0.1, 0.15) is 11.1 Å². The number of methoxy groups -OCH3 is 1. The maximum absolute atomic E-state index is 12.0. The number of carbonyl (C=O) groups is 1. The van der Waals surface area contributed by atoms with Crippen molar-refractivity contribution in [2.75, 3.05) is 23.5 Å². The monoisotopic (exact) mass is 285 g/mol. The van der Waals surface area contributed by atoms with E-state index in [1.807, 2.05) is 26.0 Å². The molecule has 21 heavy (non-hydrogen) atoms. The molecular weight excluding hydrogens is 266 g/mol. The lowest BCUT2D eigenvalue weighted by Gasteiger charge is -2.12. The van der Waals surface area contributed by atoms with Gasteiger partial charge in [0.2, 0.25) is 0 Å². The van der Waals surface area contributed by atoms with Crippen molar-refractivity contribution in [3.05, 3.63) is 47.5 Å². The zero-order valence-corrected chi connectivity index (χ0v) is 12.4. The van der Waals surface area contributed by atoms with Crippen molar-refractivity contribution in [2.45, 2.75) is 13.8 Å². The van der Waals surface area contributed by atoms with Crippen LogP contribution >= 0.6 is 0 Å². The van der Waals surface area contributed by atoms with Gasteiger partial charge in [-0.3, -0.25) is 0 Å². The van der Waals surface area contributed by atoms with Gasteiger partial charge in [-0.2, -0.15) is 0 Å². The fraction of sp³-hybridized carbons (Fsp3) is 0.188.